The van der Waals surface area contributed by atoms with Crippen molar-refractivity contribution >= 4 is 27.6 Å². The number of hydrogen-bond acceptors (Lipinski definition) is 1. The number of aromatic nitrogens is 1. The first kappa shape index (κ1) is 32.3. The second kappa shape index (κ2) is 10.6. The van der Waals surface area contributed by atoms with Crippen LogP contribution in [-0.4, -0.2) is 10.4 Å². The quantitative estimate of drug-likeness (QED) is 0.162. The molecule has 3 aliphatic carbocycles. The summed E-state index contributed by atoms with van der Waals surface area (Å²) in [7, 11) is 0. The molecule has 0 radical (unpaired) electrons. The van der Waals surface area contributed by atoms with Gasteiger partial charge in [0.05, 0.1) is 22.1 Å². The third kappa shape index (κ3) is 3.65. The van der Waals surface area contributed by atoms with Gasteiger partial charge in [-0.05, 0) is 114 Å². The molecule has 0 fully saturated rings. The minimum absolute atomic E-state index is 0.0508. The van der Waals surface area contributed by atoms with E-state index in [0.717, 1.165) is 10.9 Å². The molecule has 0 saturated heterocycles. The van der Waals surface area contributed by atoms with Crippen LogP contribution < -0.4 is 0 Å². The van der Waals surface area contributed by atoms with Gasteiger partial charge in [0.2, 0.25) is 0 Å². The van der Waals surface area contributed by atoms with Gasteiger partial charge >= 0.3 is 0 Å². The second-order valence-electron chi connectivity index (χ2n) is 18.0. The smallest absolute Gasteiger partial charge is 0.193 e. The van der Waals surface area contributed by atoms with Gasteiger partial charge in [-0.1, -0.05) is 155 Å². The highest BCUT2D eigenvalue weighted by atomic mass is 16.1. The molecule has 2 heteroatoms. The van der Waals surface area contributed by atoms with Crippen molar-refractivity contribution < 1.29 is 4.79 Å². The average Bonchev–Trinajstić information content (AvgIpc) is 3.92. The van der Waals surface area contributed by atoms with Gasteiger partial charge in [0, 0.05) is 32.7 Å². The van der Waals surface area contributed by atoms with E-state index in [-0.39, 0.29) is 16.6 Å². The predicted molar refractivity (Wildman–Crippen MR) is 237 cm³/mol. The van der Waals surface area contributed by atoms with Crippen LogP contribution in [-0.2, 0) is 16.2 Å². The molecule has 2 nitrogen and oxygen atoms in total. The summed E-state index contributed by atoms with van der Waals surface area (Å²) in [6.07, 6.45) is 0. The zero-order chi connectivity index (χ0) is 38.9. The van der Waals surface area contributed by atoms with Gasteiger partial charge in [-0.15, -0.1) is 0 Å². The van der Waals surface area contributed by atoms with E-state index in [1.165, 1.54) is 100.0 Å². The number of benzene rings is 8. The van der Waals surface area contributed by atoms with E-state index >= 15 is 4.79 Å². The number of carbonyl (C=O) groups excluding carboxylic acids is 1. The summed E-state index contributed by atoms with van der Waals surface area (Å²) in [6.45, 7) is 9.34. The van der Waals surface area contributed by atoms with Crippen LogP contribution in [0, 0.1) is 0 Å². The molecule has 8 aromatic carbocycles. The highest BCUT2D eigenvalue weighted by Crippen LogP contribution is 2.63. The van der Waals surface area contributed by atoms with Crippen molar-refractivity contribution in [2.45, 2.75) is 43.9 Å². The van der Waals surface area contributed by atoms with E-state index in [1.54, 1.807) is 0 Å². The van der Waals surface area contributed by atoms with Gasteiger partial charge in [-0.2, -0.15) is 0 Å². The SMILES string of the molecule is CC1(C)c2ccccc2-c2cc3c4cc(C(=O)c5ccc6c(c5)C5(c7ccccc7-c7ccccc75)c5ccccc5-6)cc5c4n(c3cc21)-c1ccccc1C5(C)C. The Labute approximate surface area is 338 Å². The highest BCUT2D eigenvalue weighted by Gasteiger charge is 2.51. The first-order chi connectivity index (χ1) is 28.2. The van der Waals surface area contributed by atoms with Crippen LogP contribution in [0.4, 0.5) is 0 Å². The lowest BCUT2D eigenvalue weighted by atomic mass is 9.70. The van der Waals surface area contributed by atoms with Crippen molar-refractivity contribution in [1.29, 1.82) is 0 Å². The lowest BCUT2D eigenvalue weighted by Crippen LogP contribution is -2.27. The molecule has 4 aliphatic rings. The molecule has 0 bridgehead atoms. The topological polar surface area (TPSA) is 22.0 Å². The van der Waals surface area contributed by atoms with Crippen LogP contribution in [0.2, 0.25) is 0 Å². The maximum absolute atomic E-state index is 15.4. The first-order valence-electron chi connectivity index (χ1n) is 20.6. The molecule has 1 spiro atoms. The Hall–Kier alpha value is -6.77. The highest BCUT2D eigenvalue weighted by molar-refractivity contribution is 6.18. The summed E-state index contributed by atoms with van der Waals surface area (Å²) in [6, 6.07) is 60.0. The molecule has 13 rings (SSSR count). The van der Waals surface area contributed by atoms with E-state index in [2.05, 4.69) is 196 Å². The average molecular weight is 742 g/mol. The third-order valence-electron chi connectivity index (χ3n) is 14.6. The molecule has 9 aromatic rings. The number of fused-ring (bicyclic) bond motifs is 18. The predicted octanol–water partition coefficient (Wildman–Crippen LogP) is 13.3. The van der Waals surface area contributed by atoms with E-state index < -0.39 is 5.41 Å². The largest absolute Gasteiger partial charge is 0.309 e. The van der Waals surface area contributed by atoms with E-state index in [1.807, 2.05) is 0 Å². The molecule has 0 unspecified atom stereocenters. The summed E-state index contributed by atoms with van der Waals surface area (Å²) < 4.78 is 2.49. The van der Waals surface area contributed by atoms with Crippen LogP contribution in [0.1, 0.15) is 88.1 Å². The Bertz CT molecular complexity index is 3310. The fraction of sp³-hybridized carbons (Fsp3) is 0.125. The summed E-state index contributed by atoms with van der Waals surface area (Å²) in [4.78, 5) is 15.4. The summed E-state index contributed by atoms with van der Waals surface area (Å²) in [5.41, 5.74) is 21.8. The van der Waals surface area contributed by atoms with Crippen molar-refractivity contribution in [3.05, 3.63) is 219 Å². The third-order valence-corrected chi connectivity index (χ3v) is 14.6. The van der Waals surface area contributed by atoms with Crippen molar-refractivity contribution in [2.75, 3.05) is 0 Å². The van der Waals surface area contributed by atoms with Gasteiger partial charge in [-0.3, -0.25) is 4.79 Å². The molecule has 0 saturated carbocycles. The molecule has 274 valence electrons. The molecule has 58 heavy (non-hydrogen) atoms. The Balaban J connectivity index is 1.07. The molecule has 1 aliphatic heterocycles. The zero-order valence-corrected chi connectivity index (χ0v) is 32.9. The summed E-state index contributed by atoms with van der Waals surface area (Å²) >= 11 is 0. The first-order valence-corrected chi connectivity index (χ1v) is 20.6. The van der Waals surface area contributed by atoms with Gasteiger partial charge in [0.15, 0.2) is 5.78 Å². The normalized spacial score (nSPS) is 16.1. The summed E-state index contributed by atoms with van der Waals surface area (Å²) in [5, 5.41) is 2.32. The van der Waals surface area contributed by atoms with E-state index in [9.17, 15) is 0 Å². The van der Waals surface area contributed by atoms with Crippen molar-refractivity contribution in [1.82, 2.24) is 4.57 Å². The Morgan fingerprint density at radius 1 is 0.397 bits per heavy atom. The fourth-order valence-corrected chi connectivity index (χ4v) is 11.9. The lowest BCUT2D eigenvalue weighted by Gasteiger charge is -2.35. The van der Waals surface area contributed by atoms with Gasteiger partial charge in [0.1, 0.15) is 0 Å². The number of ketones is 1. The Kier molecular flexibility index (Phi) is 5.90. The summed E-state index contributed by atoms with van der Waals surface area (Å²) in [5.74, 6) is 0.0508. The lowest BCUT2D eigenvalue weighted by molar-refractivity contribution is 0.103. The number of rotatable bonds is 2. The molecule has 0 amide bonds. The van der Waals surface area contributed by atoms with E-state index in [0.29, 0.717) is 5.56 Å². The molecular formula is C56H39NO. The second-order valence-corrected chi connectivity index (χ2v) is 18.0. The standard InChI is InChI=1S/C56H39NO/c1-54(2)42-19-9-5-18-37(42)39-30-40-41-27-33(29-49-52(41)57(51(40)31-47(39)54)50-24-14-13-23-46(50)55(49,3)4)53(58)32-25-26-38-36-17-8-12-22-45(36)56(48(38)28-32)43-20-10-6-15-34(43)35-16-7-11-21-44(35)56/h5-31H,1-4H3. The molecule has 0 atom stereocenters. The van der Waals surface area contributed by atoms with Crippen LogP contribution in [0.5, 0.6) is 0 Å². The molecule has 1 aromatic heterocycles. The van der Waals surface area contributed by atoms with Gasteiger partial charge < -0.3 is 4.57 Å². The number of nitrogens with zero attached hydrogens (tertiary/aromatic N) is 1. The fourth-order valence-electron chi connectivity index (χ4n) is 11.9. The van der Waals surface area contributed by atoms with Crippen molar-refractivity contribution in [3.63, 3.8) is 0 Å². The Morgan fingerprint density at radius 3 is 1.53 bits per heavy atom. The molecule has 0 N–H and O–H groups in total. The Morgan fingerprint density at radius 2 is 0.897 bits per heavy atom. The van der Waals surface area contributed by atoms with Crippen LogP contribution in [0.15, 0.2) is 164 Å². The van der Waals surface area contributed by atoms with E-state index in [4.69, 9.17) is 0 Å². The maximum atomic E-state index is 15.4. The van der Waals surface area contributed by atoms with Crippen LogP contribution in [0.25, 0.3) is 60.9 Å². The van der Waals surface area contributed by atoms with Crippen LogP contribution >= 0.6 is 0 Å². The van der Waals surface area contributed by atoms with Crippen LogP contribution in [0.3, 0.4) is 0 Å². The maximum Gasteiger partial charge on any atom is 0.193 e. The number of para-hydroxylation sites is 1. The van der Waals surface area contributed by atoms with Crippen molar-refractivity contribution in [3.8, 4) is 39.1 Å². The minimum Gasteiger partial charge on any atom is -0.309 e. The number of hydrogen-bond donors (Lipinski definition) is 0. The number of carbonyl (C=O) groups is 1. The van der Waals surface area contributed by atoms with Gasteiger partial charge in [-0.25, -0.2) is 0 Å². The monoisotopic (exact) mass is 741 g/mol. The molecular weight excluding hydrogens is 703 g/mol. The zero-order valence-electron chi connectivity index (χ0n) is 32.9. The minimum atomic E-state index is -0.505. The van der Waals surface area contributed by atoms with Crippen molar-refractivity contribution in [2.24, 2.45) is 0 Å². The van der Waals surface area contributed by atoms with Gasteiger partial charge in [0.25, 0.3) is 0 Å². The molecule has 2 heterocycles.